The number of phenolic OH excluding ortho intramolecular Hbond substituents is 1. The first-order valence-corrected chi connectivity index (χ1v) is 7.50. The fourth-order valence-corrected chi connectivity index (χ4v) is 2.76. The Morgan fingerprint density at radius 3 is 2.75 bits per heavy atom. The van der Waals surface area contributed by atoms with E-state index < -0.39 is 0 Å². The molecule has 0 bridgehead atoms. The predicted octanol–water partition coefficient (Wildman–Crippen LogP) is 4.01. The van der Waals surface area contributed by atoms with Crippen LogP contribution in [0, 0.1) is 0 Å². The third-order valence-electron chi connectivity index (χ3n) is 3.97. The molecule has 118 valence electrons. The van der Waals surface area contributed by atoms with Crippen molar-refractivity contribution in [2.75, 3.05) is 7.11 Å². The van der Waals surface area contributed by atoms with E-state index in [0.717, 1.165) is 33.3 Å². The second kappa shape index (κ2) is 5.70. The molecule has 0 atom stereocenters. The van der Waals surface area contributed by atoms with Crippen molar-refractivity contribution < 1.29 is 9.84 Å². The zero-order valence-electron chi connectivity index (χ0n) is 13.0. The third kappa shape index (κ3) is 2.46. The predicted molar refractivity (Wildman–Crippen MR) is 93.0 cm³/mol. The first-order valence-electron chi connectivity index (χ1n) is 7.50. The van der Waals surface area contributed by atoms with Crippen molar-refractivity contribution in [2.24, 2.45) is 0 Å². The van der Waals surface area contributed by atoms with Gasteiger partial charge in [-0.05, 0) is 29.8 Å². The molecule has 0 aliphatic rings. The number of hydrogen-bond donors (Lipinski definition) is 2. The zero-order valence-corrected chi connectivity index (χ0v) is 13.0. The highest BCUT2D eigenvalue weighted by Gasteiger charge is 2.10. The van der Waals surface area contributed by atoms with E-state index in [2.05, 4.69) is 21.0 Å². The van der Waals surface area contributed by atoms with Crippen LogP contribution >= 0.6 is 0 Å². The van der Waals surface area contributed by atoms with Crippen LogP contribution in [-0.4, -0.2) is 27.2 Å². The van der Waals surface area contributed by atoms with E-state index in [1.54, 1.807) is 37.8 Å². The van der Waals surface area contributed by atoms with Gasteiger partial charge >= 0.3 is 0 Å². The second-order valence-electron chi connectivity index (χ2n) is 5.49. The molecule has 0 saturated carbocycles. The highest BCUT2D eigenvalue weighted by Crippen LogP contribution is 2.32. The van der Waals surface area contributed by atoms with Crippen LogP contribution < -0.4 is 4.74 Å². The number of aromatic nitrogens is 3. The summed E-state index contributed by atoms with van der Waals surface area (Å²) in [5.74, 6) is 0.942. The number of aromatic amines is 1. The minimum absolute atomic E-state index is 0.235. The average molecular weight is 317 g/mol. The van der Waals surface area contributed by atoms with Gasteiger partial charge < -0.3 is 14.8 Å². The van der Waals surface area contributed by atoms with Gasteiger partial charge in [0.25, 0.3) is 0 Å². The van der Waals surface area contributed by atoms with Gasteiger partial charge in [-0.15, -0.1) is 0 Å². The number of methoxy groups -OCH3 is 1. The lowest BCUT2D eigenvalue weighted by atomic mass is 10.0. The van der Waals surface area contributed by atoms with Crippen molar-refractivity contribution in [1.82, 2.24) is 15.0 Å². The molecule has 3 aromatic heterocycles. The van der Waals surface area contributed by atoms with Crippen molar-refractivity contribution >= 4 is 11.0 Å². The van der Waals surface area contributed by atoms with Gasteiger partial charge in [0.1, 0.15) is 17.1 Å². The number of fused-ring (bicyclic) bond motifs is 1. The number of pyridine rings is 2. The van der Waals surface area contributed by atoms with Gasteiger partial charge in [0.05, 0.1) is 13.3 Å². The molecule has 1 aromatic carbocycles. The SMILES string of the molecule is COc1cncc(-c2c[nH]c3ncc(-c4cccc(O)c4)cc23)c1. The second-order valence-corrected chi connectivity index (χ2v) is 5.49. The van der Waals surface area contributed by atoms with E-state index in [-0.39, 0.29) is 5.75 Å². The van der Waals surface area contributed by atoms with Crippen molar-refractivity contribution in [2.45, 2.75) is 0 Å². The monoisotopic (exact) mass is 317 g/mol. The van der Waals surface area contributed by atoms with Crippen LogP contribution in [-0.2, 0) is 0 Å². The highest BCUT2D eigenvalue weighted by atomic mass is 16.5. The molecule has 4 aromatic rings. The Balaban J connectivity index is 1.87. The summed E-state index contributed by atoms with van der Waals surface area (Å²) in [6.07, 6.45) is 7.18. The Morgan fingerprint density at radius 2 is 1.92 bits per heavy atom. The van der Waals surface area contributed by atoms with Crippen LogP contribution in [0.5, 0.6) is 11.5 Å². The molecule has 24 heavy (non-hydrogen) atoms. The number of nitrogens with one attached hydrogen (secondary N) is 1. The smallest absolute Gasteiger partial charge is 0.137 e. The number of ether oxygens (including phenoxy) is 1. The Labute approximate surface area is 138 Å². The van der Waals surface area contributed by atoms with E-state index >= 15 is 0 Å². The Morgan fingerprint density at radius 1 is 1.00 bits per heavy atom. The van der Waals surface area contributed by atoms with Crippen LogP contribution in [0.3, 0.4) is 0 Å². The molecule has 3 heterocycles. The van der Waals surface area contributed by atoms with E-state index in [4.69, 9.17) is 4.74 Å². The molecule has 5 heteroatoms. The fraction of sp³-hybridized carbons (Fsp3) is 0.0526. The fourth-order valence-electron chi connectivity index (χ4n) is 2.76. The first kappa shape index (κ1) is 14.3. The molecule has 0 spiro atoms. The number of aromatic hydroxyl groups is 1. The number of nitrogens with zero attached hydrogens (tertiary/aromatic N) is 2. The summed E-state index contributed by atoms with van der Waals surface area (Å²) in [5, 5.41) is 10.7. The maximum atomic E-state index is 9.69. The topological polar surface area (TPSA) is 71.0 Å². The van der Waals surface area contributed by atoms with Gasteiger partial charge in [-0.3, -0.25) is 4.98 Å². The number of benzene rings is 1. The normalized spacial score (nSPS) is 10.9. The van der Waals surface area contributed by atoms with Gasteiger partial charge in [0, 0.05) is 40.7 Å². The highest BCUT2D eigenvalue weighted by molar-refractivity contribution is 5.95. The molecule has 4 rings (SSSR count). The molecule has 0 unspecified atom stereocenters. The van der Waals surface area contributed by atoms with Crippen molar-refractivity contribution in [3.63, 3.8) is 0 Å². The summed E-state index contributed by atoms with van der Waals surface area (Å²) in [7, 11) is 1.62. The minimum atomic E-state index is 0.235. The van der Waals surface area contributed by atoms with Crippen molar-refractivity contribution in [1.29, 1.82) is 0 Å². The number of rotatable bonds is 3. The van der Waals surface area contributed by atoms with E-state index in [9.17, 15) is 5.11 Å². The third-order valence-corrected chi connectivity index (χ3v) is 3.97. The van der Waals surface area contributed by atoms with Crippen LogP contribution in [0.4, 0.5) is 0 Å². The lowest BCUT2D eigenvalue weighted by molar-refractivity contribution is 0.413. The van der Waals surface area contributed by atoms with Crippen LogP contribution in [0.25, 0.3) is 33.3 Å². The van der Waals surface area contributed by atoms with Gasteiger partial charge in [-0.1, -0.05) is 12.1 Å². The zero-order chi connectivity index (χ0) is 16.5. The maximum Gasteiger partial charge on any atom is 0.137 e. The summed E-state index contributed by atoms with van der Waals surface area (Å²) in [6, 6.07) is 11.1. The van der Waals surface area contributed by atoms with E-state index in [1.165, 1.54) is 0 Å². The van der Waals surface area contributed by atoms with Crippen molar-refractivity contribution in [3.05, 3.63) is 61.2 Å². The quantitative estimate of drug-likeness (QED) is 0.599. The summed E-state index contributed by atoms with van der Waals surface area (Å²) >= 11 is 0. The van der Waals surface area contributed by atoms with Crippen LogP contribution in [0.15, 0.2) is 61.2 Å². The Hall–Kier alpha value is -3.34. The summed E-state index contributed by atoms with van der Waals surface area (Å²) in [5.41, 5.74) is 4.62. The van der Waals surface area contributed by atoms with E-state index in [0.29, 0.717) is 5.75 Å². The molecular weight excluding hydrogens is 302 g/mol. The molecule has 0 radical (unpaired) electrons. The summed E-state index contributed by atoms with van der Waals surface area (Å²) < 4.78 is 5.26. The van der Waals surface area contributed by atoms with Gasteiger partial charge in [0.2, 0.25) is 0 Å². The molecular formula is C19H15N3O2. The first-order chi connectivity index (χ1) is 11.7. The number of phenols is 1. The molecule has 0 aliphatic carbocycles. The molecule has 0 aliphatic heterocycles. The molecule has 0 fully saturated rings. The van der Waals surface area contributed by atoms with Crippen molar-refractivity contribution in [3.8, 4) is 33.8 Å². The Kier molecular flexibility index (Phi) is 3.39. The summed E-state index contributed by atoms with van der Waals surface area (Å²) in [4.78, 5) is 11.9. The number of hydrogen-bond acceptors (Lipinski definition) is 4. The van der Waals surface area contributed by atoms with Crippen LogP contribution in [0.2, 0.25) is 0 Å². The average Bonchev–Trinajstić information content (AvgIpc) is 3.05. The molecule has 0 amide bonds. The molecule has 0 saturated heterocycles. The van der Waals surface area contributed by atoms with Gasteiger partial charge in [-0.25, -0.2) is 4.98 Å². The standard InChI is InChI=1S/C19H15N3O2/c1-24-16-6-14(8-20-10-16)18-11-22-19-17(18)7-13(9-21-19)12-3-2-4-15(23)5-12/h2-11,23H,1H3,(H,21,22). The molecule has 5 nitrogen and oxygen atoms in total. The van der Waals surface area contributed by atoms with Gasteiger partial charge in [0.15, 0.2) is 0 Å². The summed E-state index contributed by atoms with van der Waals surface area (Å²) in [6.45, 7) is 0. The minimum Gasteiger partial charge on any atom is -0.508 e. The lowest BCUT2D eigenvalue weighted by Crippen LogP contribution is -1.86. The number of H-pyrrole nitrogens is 1. The Bertz CT molecular complexity index is 1020. The van der Waals surface area contributed by atoms with E-state index in [1.807, 2.05) is 24.4 Å². The van der Waals surface area contributed by atoms with Gasteiger partial charge in [-0.2, -0.15) is 0 Å². The van der Waals surface area contributed by atoms with Crippen LogP contribution in [0.1, 0.15) is 0 Å². The largest absolute Gasteiger partial charge is 0.508 e. The maximum absolute atomic E-state index is 9.69. The molecule has 2 N–H and O–H groups in total. The lowest BCUT2D eigenvalue weighted by Gasteiger charge is -2.05.